The quantitative estimate of drug-likeness (QED) is 0.686. The van der Waals surface area contributed by atoms with E-state index in [0.29, 0.717) is 17.7 Å². The summed E-state index contributed by atoms with van der Waals surface area (Å²) in [5, 5.41) is 0. The minimum absolute atomic E-state index is 0.0169. The minimum atomic E-state index is -0.863. The van der Waals surface area contributed by atoms with Crippen LogP contribution in [0, 0.1) is 0 Å². The van der Waals surface area contributed by atoms with Crippen molar-refractivity contribution in [1.29, 1.82) is 0 Å². The second kappa shape index (κ2) is 4.20. The van der Waals surface area contributed by atoms with Gasteiger partial charge in [-0.05, 0) is 12.1 Å². The van der Waals surface area contributed by atoms with Crippen LogP contribution in [0.3, 0.4) is 0 Å². The molecule has 2 N–H and O–H groups in total. The van der Waals surface area contributed by atoms with Gasteiger partial charge in [-0.3, -0.25) is 4.79 Å². The largest absolute Gasteiger partial charge is 0.443 e. The molecule has 0 spiro atoms. The van der Waals surface area contributed by atoms with Crippen molar-refractivity contribution >= 4 is 12.4 Å². The van der Waals surface area contributed by atoms with Gasteiger partial charge in [-0.1, -0.05) is 6.07 Å². The fraction of sp³-hybridized carbons (Fsp3) is 0.125. The highest BCUT2D eigenvalue weighted by molar-refractivity contribution is 5.71. The SMILES string of the molecule is NC(=O)OCc1cccc(C=O)n1. The summed E-state index contributed by atoms with van der Waals surface area (Å²) in [5.74, 6) is 0. The molecule has 0 fully saturated rings. The summed E-state index contributed by atoms with van der Waals surface area (Å²) >= 11 is 0. The van der Waals surface area contributed by atoms with Crippen molar-refractivity contribution in [3.8, 4) is 0 Å². The van der Waals surface area contributed by atoms with E-state index in [2.05, 4.69) is 9.72 Å². The average molecular weight is 180 g/mol. The van der Waals surface area contributed by atoms with Crippen LogP contribution in [0.4, 0.5) is 4.79 Å². The van der Waals surface area contributed by atoms with E-state index in [-0.39, 0.29) is 6.61 Å². The Morgan fingerprint density at radius 1 is 1.62 bits per heavy atom. The van der Waals surface area contributed by atoms with E-state index in [1.807, 2.05) is 0 Å². The molecule has 1 aromatic heterocycles. The Morgan fingerprint density at radius 3 is 3.00 bits per heavy atom. The molecule has 13 heavy (non-hydrogen) atoms. The van der Waals surface area contributed by atoms with Gasteiger partial charge < -0.3 is 10.5 Å². The second-order valence-corrected chi connectivity index (χ2v) is 2.28. The summed E-state index contributed by atoms with van der Waals surface area (Å²) in [6.07, 6.45) is -0.244. The van der Waals surface area contributed by atoms with Gasteiger partial charge >= 0.3 is 6.09 Å². The third kappa shape index (κ3) is 2.90. The number of nitrogens with zero attached hydrogens (tertiary/aromatic N) is 1. The predicted molar refractivity (Wildman–Crippen MR) is 44.0 cm³/mol. The summed E-state index contributed by atoms with van der Waals surface area (Å²) in [7, 11) is 0. The number of carbonyl (C=O) groups is 2. The zero-order valence-corrected chi connectivity index (χ0v) is 6.77. The van der Waals surface area contributed by atoms with Gasteiger partial charge in [0.2, 0.25) is 0 Å². The van der Waals surface area contributed by atoms with Gasteiger partial charge in [-0.2, -0.15) is 0 Å². The van der Waals surface area contributed by atoms with Crippen LogP contribution in [0.1, 0.15) is 16.2 Å². The number of hydrogen-bond acceptors (Lipinski definition) is 4. The molecule has 5 heteroatoms. The van der Waals surface area contributed by atoms with Crippen LogP contribution in [0.5, 0.6) is 0 Å². The van der Waals surface area contributed by atoms with Crippen LogP contribution >= 0.6 is 0 Å². The van der Waals surface area contributed by atoms with Crippen molar-refractivity contribution in [2.24, 2.45) is 5.73 Å². The van der Waals surface area contributed by atoms with Crippen molar-refractivity contribution in [1.82, 2.24) is 4.98 Å². The summed E-state index contributed by atoms with van der Waals surface area (Å²) in [6, 6.07) is 4.84. The zero-order valence-electron chi connectivity index (χ0n) is 6.77. The first-order chi connectivity index (χ1) is 6.22. The van der Waals surface area contributed by atoms with E-state index in [1.54, 1.807) is 18.2 Å². The maximum Gasteiger partial charge on any atom is 0.404 e. The summed E-state index contributed by atoms with van der Waals surface area (Å²) in [5.41, 5.74) is 5.54. The molecular formula is C8H8N2O3. The molecule has 1 heterocycles. The second-order valence-electron chi connectivity index (χ2n) is 2.28. The topological polar surface area (TPSA) is 82.3 Å². The summed E-state index contributed by atoms with van der Waals surface area (Å²) in [4.78, 5) is 24.4. The fourth-order valence-corrected chi connectivity index (χ4v) is 0.789. The summed E-state index contributed by atoms with van der Waals surface area (Å²) < 4.78 is 4.49. The van der Waals surface area contributed by atoms with Crippen molar-refractivity contribution in [3.05, 3.63) is 29.6 Å². The lowest BCUT2D eigenvalue weighted by Gasteiger charge is -2.00. The number of nitrogens with two attached hydrogens (primary N) is 1. The van der Waals surface area contributed by atoms with Crippen molar-refractivity contribution in [3.63, 3.8) is 0 Å². The Labute approximate surface area is 74.5 Å². The lowest BCUT2D eigenvalue weighted by molar-refractivity contribution is 0.111. The molecule has 1 amide bonds. The third-order valence-corrected chi connectivity index (χ3v) is 1.31. The molecule has 0 unspecified atom stereocenters. The Kier molecular flexibility index (Phi) is 2.97. The molecule has 0 aliphatic carbocycles. The van der Waals surface area contributed by atoms with Crippen molar-refractivity contribution in [2.45, 2.75) is 6.61 Å². The van der Waals surface area contributed by atoms with Gasteiger partial charge in [0.15, 0.2) is 6.29 Å². The fourth-order valence-electron chi connectivity index (χ4n) is 0.789. The molecule has 0 saturated heterocycles. The number of hydrogen-bond donors (Lipinski definition) is 1. The number of amides is 1. The highest BCUT2D eigenvalue weighted by atomic mass is 16.5. The van der Waals surface area contributed by atoms with Gasteiger partial charge in [0.1, 0.15) is 12.3 Å². The van der Waals surface area contributed by atoms with Crippen LogP contribution in [0.15, 0.2) is 18.2 Å². The normalized spacial score (nSPS) is 9.23. The van der Waals surface area contributed by atoms with E-state index in [0.717, 1.165) is 0 Å². The molecule has 68 valence electrons. The molecule has 0 aromatic carbocycles. The van der Waals surface area contributed by atoms with E-state index >= 15 is 0 Å². The molecule has 1 rings (SSSR count). The third-order valence-electron chi connectivity index (χ3n) is 1.31. The number of rotatable bonds is 3. The van der Waals surface area contributed by atoms with E-state index in [9.17, 15) is 9.59 Å². The molecule has 0 bridgehead atoms. The first-order valence-electron chi connectivity index (χ1n) is 3.55. The van der Waals surface area contributed by atoms with E-state index < -0.39 is 6.09 Å². The van der Waals surface area contributed by atoms with Crippen LogP contribution < -0.4 is 5.73 Å². The standard InChI is InChI=1S/C8H8N2O3/c9-8(12)13-5-7-3-1-2-6(4-11)10-7/h1-4H,5H2,(H2,9,12). The maximum absolute atomic E-state index is 10.3. The smallest absolute Gasteiger partial charge is 0.404 e. The Morgan fingerprint density at radius 2 is 2.38 bits per heavy atom. The van der Waals surface area contributed by atoms with E-state index in [4.69, 9.17) is 5.73 Å². The average Bonchev–Trinajstić information content (AvgIpc) is 2.15. The molecule has 1 aromatic rings. The number of primary amides is 1. The zero-order chi connectivity index (χ0) is 9.68. The van der Waals surface area contributed by atoms with Gasteiger partial charge in [-0.15, -0.1) is 0 Å². The van der Waals surface area contributed by atoms with Gasteiger partial charge in [0.05, 0.1) is 5.69 Å². The predicted octanol–water partition coefficient (Wildman–Crippen LogP) is 0.489. The first-order valence-corrected chi connectivity index (χ1v) is 3.55. The number of aromatic nitrogens is 1. The highest BCUT2D eigenvalue weighted by Crippen LogP contribution is 1.98. The van der Waals surface area contributed by atoms with Crippen LogP contribution in [-0.4, -0.2) is 17.4 Å². The minimum Gasteiger partial charge on any atom is -0.443 e. The van der Waals surface area contributed by atoms with E-state index in [1.165, 1.54) is 0 Å². The molecule has 0 aliphatic rings. The Hall–Kier alpha value is -1.91. The monoisotopic (exact) mass is 180 g/mol. The molecule has 0 saturated carbocycles. The molecule has 5 nitrogen and oxygen atoms in total. The molecule has 0 atom stereocenters. The van der Waals surface area contributed by atoms with Gasteiger partial charge in [0.25, 0.3) is 0 Å². The summed E-state index contributed by atoms with van der Waals surface area (Å²) in [6.45, 7) is -0.0169. The number of pyridine rings is 1. The molecule has 0 radical (unpaired) electrons. The molecule has 0 aliphatic heterocycles. The Balaban J connectivity index is 2.66. The highest BCUT2D eigenvalue weighted by Gasteiger charge is 1.99. The number of ether oxygens (including phenoxy) is 1. The van der Waals surface area contributed by atoms with Gasteiger partial charge in [-0.25, -0.2) is 9.78 Å². The van der Waals surface area contributed by atoms with Crippen molar-refractivity contribution < 1.29 is 14.3 Å². The molecular weight excluding hydrogens is 172 g/mol. The lowest BCUT2D eigenvalue weighted by atomic mass is 10.3. The number of aldehydes is 1. The first kappa shape index (κ1) is 9.18. The van der Waals surface area contributed by atoms with Crippen LogP contribution in [0.25, 0.3) is 0 Å². The number of carbonyl (C=O) groups excluding carboxylic acids is 2. The van der Waals surface area contributed by atoms with Gasteiger partial charge in [0, 0.05) is 0 Å². The van der Waals surface area contributed by atoms with Crippen LogP contribution in [0.2, 0.25) is 0 Å². The lowest BCUT2D eigenvalue weighted by Crippen LogP contribution is -2.13. The maximum atomic E-state index is 10.3. The van der Waals surface area contributed by atoms with Crippen molar-refractivity contribution in [2.75, 3.05) is 0 Å². The Bertz CT molecular complexity index is 325. The van der Waals surface area contributed by atoms with Crippen LogP contribution in [-0.2, 0) is 11.3 Å².